The van der Waals surface area contributed by atoms with E-state index in [0.29, 0.717) is 23.0 Å². The molecule has 0 fully saturated rings. The summed E-state index contributed by atoms with van der Waals surface area (Å²) in [4.78, 5) is 4.89. The second-order valence-electron chi connectivity index (χ2n) is 5.88. The third-order valence-corrected chi connectivity index (χ3v) is 5.26. The molecule has 2 aromatic rings. The van der Waals surface area contributed by atoms with Crippen molar-refractivity contribution < 1.29 is 8.42 Å². The molecule has 2 aromatic carbocycles. The van der Waals surface area contributed by atoms with Crippen LogP contribution in [0.3, 0.4) is 0 Å². The molecule has 0 heterocycles. The van der Waals surface area contributed by atoms with E-state index in [9.17, 15) is 8.42 Å². The summed E-state index contributed by atoms with van der Waals surface area (Å²) in [5.41, 5.74) is 2.04. The summed E-state index contributed by atoms with van der Waals surface area (Å²) in [6, 6.07) is 14.6. The first kappa shape index (κ1) is 23.7. The van der Waals surface area contributed by atoms with Crippen LogP contribution in [0.2, 0.25) is 5.02 Å². The maximum atomic E-state index is 11.5. The Labute approximate surface area is 183 Å². The van der Waals surface area contributed by atoms with Crippen molar-refractivity contribution in [1.29, 1.82) is 0 Å². The zero-order chi connectivity index (χ0) is 19.0. The van der Waals surface area contributed by atoms with Crippen molar-refractivity contribution in [3.05, 3.63) is 64.7 Å². The Kier molecular flexibility index (Phi) is 10.1. The molecule has 0 aliphatic carbocycles. The molecule has 0 aliphatic rings. The third kappa shape index (κ3) is 8.06. The summed E-state index contributed by atoms with van der Waals surface area (Å²) in [7, 11) is -3.15. The summed E-state index contributed by atoms with van der Waals surface area (Å²) in [6.45, 7) is 3.96. The number of benzene rings is 2. The van der Waals surface area contributed by atoms with Gasteiger partial charge in [0.2, 0.25) is 0 Å². The molecule has 0 unspecified atom stereocenters. The summed E-state index contributed by atoms with van der Waals surface area (Å²) >= 11 is 6.16. The van der Waals surface area contributed by atoms with Gasteiger partial charge >= 0.3 is 0 Å². The van der Waals surface area contributed by atoms with Crippen molar-refractivity contribution in [3.63, 3.8) is 0 Å². The number of rotatable bonds is 7. The van der Waals surface area contributed by atoms with Crippen molar-refractivity contribution in [3.8, 4) is 0 Å². The average molecular weight is 522 g/mol. The smallest absolute Gasteiger partial charge is 0.191 e. The molecular formula is C19H25ClIN3O2S. The van der Waals surface area contributed by atoms with Gasteiger partial charge in [0.15, 0.2) is 15.8 Å². The summed E-state index contributed by atoms with van der Waals surface area (Å²) in [5, 5.41) is 7.19. The molecule has 0 saturated carbocycles. The standard InChI is InChI=1S/C19H24ClN3O2S.HI/c1-3-21-19(23-14-16-6-4-5-7-18(16)20)22-13-12-15-8-10-17(11-9-15)26(2,24)25;/h4-11H,3,12-14H2,1-2H3,(H2,21,22,23);1H. The zero-order valence-electron chi connectivity index (χ0n) is 15.4. The van der Waals surface area contributed by atoms with Gasteiger partial charge in [-0.2, -0.15) is 0 Å². The number of sulfone groups is 1. The Hall–Kier alpha value is -1.32. The number of halogens is 2. The predicted molar refractivity (Wildman–Crippen MR) is 123 cm³/mol. The van der Waals surface area contributed by atoms with Crippen LogP contribution >= 0.6 is 35.6 Å². The monoisotopic (exact) mass is 521 g/mol. The van der Waals surface area contributed by atoms with Crippen molar-refractivity contribution in [2.75, 3.05) is 19.3 Å². The number of nitrogens with zero attached hydrogens (tertiary/aromatic N) is 1. The highest BCUT2D eigenvalue weighted by molar-refractivity contribution is 14.0. The van der Waals surface area contributed by atoms with Crippen LogP contribution in [0.1, 0.15) is 18.1 Å². The van der Waals surface area contributed by atoms with Gasteiger partial charge in [-0.1, -0.05) is 41.9 Å². The number of hydrogen-bond acceptors (Lipinski definition) is 3. The SMILES string of the molecule is CCNC(=NCc1ccccc1Cl)NCCc1ccc(S(C)(=O)=O)cc1.I. The van der Waals surface area contributed by atoms with Crippen LogP contribution in [-0.4, -0.2) is 33.7 Å². The van der Waals surface area contributed by atoms with Gasteiger partial charge in [0.25, 0.3) is 0 Å². The number of guanidine groups is 1. The van der Waals surface area contributed by atoms with Crippen molar-refractivity contribution in [1.82, 2.24) is 10.6 Å². The van der Waals surface area contributed by atoms with Crippen LogP contribution in [-0.2, 0) is 22.8 Å². The van der Waals surface area contributed by atoms with Crippen LogP contribution < -0.4 is 10.6 Å². The van der Waals surface area contributed by atoms with Crippen LogP contribution in [0, 0.1) is 0 Å². The van der Waals surface area contributed by atoms with E-state index in [1.165, 1.54) is 6.26 Å². The van der Waals surface area contributed by atoms with Gasteiger partial charge in [-0.05, 0) is 42.7 Å². The molecule has 0 atom stereocenters. The van der Waals surface area contributed by atoms with E-state index < -0.39 is 9.84 Å². The summed E-state index contributed by atoms with van der Waals surface area (Å²) in [6.07, 6.45) is 1.97. The van der Waals surface area contributed by atoms with Crippen LogP contribution in [0.25, 0.3) is 0 Å². The van der Waals surface area contributed by atoms with E-state index >= 15 is 0 Å². The molecule has 27 heavy (non-hydrogen) atoms. The normalized spacial score (nSPS) is 11.6. The minimum atomic E-state index is -3.15. The second kappa shape index (κ2) is 11.5. The lowest BCUT2D eigenvalue weighted by atomic mass is 10.1. The quantitative estimate of drug-likeness (QED) is 0.331. The molecular weight excluding hydrogens is 497 g/mol. The molecule has 0 aliphatic heterocycles. The Morgan fingerprint density at radius 2 is 1.74 bits per heavy atom. The minimum absolute atomic E-state index is 0. The number of nitrogens with one attached hydrogen (secondary N) is 2. The van der Waals surface area contributed by atoms with E-state index in [0.717, 1.165) is 30.1 Å². The molecule has 0 saturated heterocycles. The molecule has 0 bridgehead atoms. The summed E-state index contributed by atoms with van der Waals surface area (Å²) in [5.74, 6) is 0.722. The van der Waals surface area contributed by atoms with E-state index in [1.54, 1.807) is 12.1 Å². The van der Waals surface area contributed by atoms with E-state index in [-0.39, 0.29) is 24.0 Å². The molecule has 0 amide bonds. The zero-order valence-corrected chi connectivity index (χ0v) is 19.3. The molecule has 2 N–H and O–H groups in total. The highest BCUT2D eigenvalue weighted by Gasteiger charge is 2.06. The van der Waals surface area contributed by atoms with Gasteiger partial charge < -0.3 is 10.6 Å². The number of aliphatic imine (C=N–C) groups is 1. The fraction of sp³-hybridized carbons (Fsp3) is 0.316. The first-order valence-corrected chi connectivity index (χ1v) is 10.7. The lowest BCUT2D eigenvalue weighted by Gasteiger charge is -2.12. The minimum Gasteiger partial charge on any atom is -0.357 e. The maximum absolute atomic E-state index is 11.5. The van der Waals surface area contributed by atoms with Gasteiger partial charge in [-0.25, -0.2) is 13.4 Å². The largest absolute Gasteiger partial charge is 0.357 e. The Balaban J connectivity index is 0.00000364. The van der Waals surface area contributed by atoms with Gasteiger partial charge in [0, 0.05) is 24.4 Å². The summed E-state index contributed by atoms with van der Waals surface area (Å²) < 4.78 is 23.0. The van der Waals surface area contributed by atoms with E-state index in [2.05, 4.69) is 15.6 Å². The molecule has 0 aromatic heterocycles. The average Bonchev–Trinajstić information content (AvgIpc) is 2.60. The Morgan fingerprint density at radius 3 is 2.33 bits per heavy atom. The molecule has 2 rings (SSSR count). The Bertz CT molecular complexity index is 856. The Morgan fingerprint density at radius 1 is 1.07 bits per heavy atom. The van der Waals surface area contributed by atoms with Crippen LogP contribution in [0.15, 0.2) is 58.4 Å². The molecule has 0 spiro atoms. The highest BCUT2D eigenvalue weighted by Crippen LogP contribution is 2.15. The lowest BCUT2D eigenvalue weighted by Crippen LogP contribution is -2.38. The second-order valence-corrected chi connectivity index (χ2v) is 8.30. The molecule has 5 nitrogen and oxygen atoms in total. The van der Waals surface area contributed by atoms with E-state index in [1.807, 2.05) is 43.3 Å². The van der Waals surface area contributed by atoms with Gasteiger partial charge in [0.1, 0.15) is 0 Å². The number of hydrogen-bond donors (Lipinski definition) is 2. The van der Waals surface area contributed by atoms with Gasteiger partial charge in [-0.3, -0.25) is 0 Å². The predicted octanol–water partition coefficient (Wildman–Crippen LogP) is 3.66. The third-order valence-electron chi connectivity index (χ3n) is 3.77. The highest BCUT2D eigenvalue weighted by atomic mass is 127. The molecule has 8 heteroatoms. The van der Waals surface area contributed by atoms with Gasteiger partial charge in [0.05, 0.1) is 11.4 Å². The first-order valence-electron chi connectivity index (χ1n) is 8.44. The fourth-order valence-electron chi connectivity index (χ4n) is 2.36. The lowest BCUT2D eigenvalue weighted by molar-refractivity contribution is 0.602. The maximum Gasteiger partial charge on any atom is 0.191 e. The van der Waals surface area contributed by atoms with Crippen LogP contribution in [0.5, 0.6) is 0 Å². The fourth-order valence-corrected chi connectivity index (χ4v) is 3.19. The van der Waals surface area contributed by atoms with Gasteiger partial charge in [-0.15, -0.1) is 24.0 Å². The van der Waals surface area contributed by atoms with Crippen molar-refractivity contribution >= 4 is 51.4 Å². The van der Waals surface area contributed by atoms with E-state index in [4.69, 9.17) is 11.6 Å². The van der Waals surface area contributed by atoms with Crippen molar-refractivity contribution in [2.45, 2.75) is 24.8 Å². The molecule has 148 valence electrons. The molecule has 0 radical (unpaired) electrons. The topological polar surface area (TPSA) is 70.6 Å². The van der Waals surface area contributed by atoms with Crippen molar-refractivity contribution in [2.24, 2.45) is 4.99 Å². The van der Waals surface area contributed by atoms with Crippen LogP contribution in [0.4, 0.5) is 0 Å². The first-order chi connectivity index (χ1) is 12.4.